The predicted molar refractivity (Wildman–Crippen MR) is 112 cm³/mol. The van der Waals surface area contributed by atoms with Gasteiger partial charge in [-0.3, -0.25) is 4.79 Å². The van der Waals surface area contributed by atoms with Crippen LogP contribution in [0.2, 0.25) is 0 Å². The van der Waals surface area contributed by atoms with Crippen LogP contribution in [-0.2, 0) is 20.7 Å². The smallest absolute Gasteiger partial charge is 0.407 e. The molecule has 30 heavy (non-hydrogen) atoms. The van der Waals surface area contributed by atoms with Crippen molar-refractivity contribution in [1.82, 2.24) is 10.3 Å². The molecule has 0 fully saturated rings. The largest absolute Gasteiger partial charge is 0.476 e. The van der Waals surface area contributed by atoms with Crippen molar-refractivity contribution < 1.29 is 28.2 Å². The number of amides is 1. The fourth-order valence-electron chi connectivity index (χ4n) is 2.99. The van der Waals surface area contributed by atoms with E-state index in [9.17, 15) is 9.59 Å². The summed E-state index contributed by atoms with van der Waals surface area (Å²) in [5.41, 5.74) is 1.60. The van der Waals surface area contributed by atoms with Gasteiger partial charge in [0.1, 0.15) is 17.8 Å². The molecule has 0 unspecified atom stereocenters. The van der Waals surface area contributed by atoms with Crippen molar-refractivity contribution in [1.29, 1.82) is 0 Å². The van der Waals surface area contributed by atoms with Gasteiger partial charge < -0.3 is 23.9 Å². The van der Waals surface area contributed by atoms with Gasteiger partial charge in [-0.05, 0) is 45.9 Å². The lowest BCUT2D eigenvalue weighted by Gasteiger charge is -2.19. The number of carbonyl (C=O) groups is 2. The molecule has 3 aromatic rings. The van der Waals surface area contributed by atoms with E-state index in [1.54, 1.807) is 40.0 Å². The quantitative estimate of drug-likeness (QED) is 0.461. The number of fused-ring (bicyclic) bond motifs is 3. The SMILES string of the molecule is CCOC(=O)Cc1coc2ccc3nc(OCCNC(=O)OC(C)(C)C)ccc3c12. The van der Waals surface area contributed by atoms with Crippen molar-refractivity contribution in [2.75, 3.05) is 19.8 Å². The fraction of sp³-hybridized carbons (Fsp3) is 0.409. The molecule has 0 radical (unpaired) electrons. The molecular formula is C22H26N2O6. The second kappa shape index (κ2) is 9.02. The number of alkyl carbamates (subject to hydrolysis) is 1. The van der Waals surface area contributed by atoms with Gasteiger partial charge in [0.25, 0.3) is 0 Å². The van der Waals surface area contributed by atoms with E-state index in [1.807, 2.05) is 18.2 Å². The van der Waals surface area contributed by atoms with Crippen LogP contribution in [0.3, 0.4) is 0 Å². The van der Waals surface area contributed by atoms with Gasteiger partial charge in [-0.15, -0.1) is 0 Å². The van der Waals surface area contributed by atoms with E-state index in [2.05, 4.69) is 10.3 Å². The Morgan fingerprint density at radius 1 is 1.17 bits per heavy atom. The summed E-state index contributed by atoms with van der Waals surface area (Å²) in [5, 5.41) is 4.33. The zero-order chi connectivity index (χ0) is 21.7. The molecule has 0 aliphatic heterocycles. The molecule has 1 aromatic carbocycles. The number of furan rings is 1. The minimum Gasteiger partial charge on any atom is -0.476 e. The van der Waals surface area contributed by atoms with Crippen molar-refractivity contribution in [2.45, 2.75) is 39.7 Å². The van der Waals surface area contributed by atoms with Crippen LogP contribution >= 0.6 is 0 Å². The van der Waals surface area contributed by atoms with Crippen LogP contribution in [0.1, 0.15) is 33.3 Å². The molecule has 0 spiro atoms. The maximum atomic E-state index is 11.9. The summed E-state index contributed by atoms with van der Waals surface area (Å²) in [7, 11) is 0. The van der Waals surface area contributed by atoms with Gasteiger partial charge in [0.2, 0.25) is 5.88 Å². The lowest BCUT2D eigenvalue weighted by Crippen LogP contribution is -2.34. The number of rotatable bonds is 7. The standard InChI is InChI=1S/C22H26N2O6/c1-5-27-19(25)12-14-13-29-17-8-7-16-15(20(14)17)6-9-18(24-16)28-11-10-23-21(26)30-22(2,3)4/h6-9,13H,5,10-12H2,1-4H3,(H,23,26). The number of ether oxygens (including phenoxy) is 3. The molecule has 2 heterocycles. The summed E-state index contributed by atoms with van der Waals surface area (Å²) in [5.74, 6) is 0.130. The first-order valence-electron chi connectivity index (χ1n) is 9.82. The molecule has 0 saturated carbocycles. The zero-order valence-corrected chi connectivity index (χ0v) is 17.6. The summed E-state index contributed by atoms with van der Waals surface area (Å²) < 4.78 is 21.4. The summed E-state index contributed by atoms with van der Waals surface area (Å²) in [6, 6.07) is 7.27. The molecular weight excluding hydrogens is 388 g/mol. The molecule has 8 nitrogen and oxygen atoms in total. The molecule has 3 rings (SSSR count). The van der Waals surface area contributed by atoms with E-state index in [0.29, 0.717) is 30.1 Å². The number of hydrogen-bond donors (Lipinski definition) is 1. The Morgan fingerprint density at radius 3 is 2.70 bits per heavy atom. The number of benzene rings is 1. The first-order valence-corrected chi connectivity index (χ1v) is 9.82. The van der Waals surface area contributed by atoms with Gasteiger partial charge in [-0.1, -0.05) is 0 Å². The zero-order valence-electron chi connectivity index (χ0n) is 17.6. The van der Waals surface area contributed by atoms with Crippen molar-refractivity contribution in [3.05, 3.63) is 36.1 Å². The highest BCUT2D eigenvalue weighted by molar-refractivity contribution is 6.07. The van der Waals surface area contributed by atoms with Gasteiger partial charge in [-0.25, -0.2) is 9.78 Å². The van der Waals surface area contributed by atoms with Gasteiger partial charge in [0, 0.05) is 22.4 Å². The number of carbonyl (C=O) groups excluding carboxylic acids is 2. The van der Waals surface area contributed by atoms with Crippen molar-refractivity contribution >= 4 is 33.9 Å². The Bertz CT molecular complexity index is 1050. The third kappa shape index (κ3) is 5.40. The number of aromatic nitrogens is 1. The molecule has 160 valence electrons. The Balaban J connectivity index is 1.68. The third-order valence-electron chi connectivity index (χ3n) is 4.12. The van der Waals surface area contributed by atoms with Crippen molar-refractivity contribution in [2.24, 2.45) is 0 Å². The van der Waals surface area contributed by atoms with E-state index >= 15 is 0 Å². The summed E-state index contributed by atoms with van der Waals surface area (Å²) in [4.78, 5) is 28.0. The topological polar surface area (TPSA) is 99.9 Å². The Morgan fingerprint density at radius 2 is 1.97 bits per heavy atom. The highest BCUT2D eigenvalue weighted by Gasteiger charge is 2.16. The molecule has 8 heteroatoms. The first-order chi connectivity index (χ1) is 14.3. The van der Waals surface area contributed by atoms with Gasteiger partial charge >= 0.3 is 12.1 Å². The Labute approximate surface area is 174 Å². The monoisotopic (exact) mass is 414 g/mol. The van der Waals surface area contributed by atoms with Gasteiger partial charge in [-0.2, -0.15) is 0 Å². The normalized spacial score (nSPS) is 11.5. The molecule has 0 saturated heterocycles. The molecule has 0 bridgehead atoms. The predicted octanol–water partition coefficient (Wildman–Crippen LogP) is 3.99. The van der Waals surface area contributed by atoms with Crippen molar-refractivity contribution in [3.8, 4) is 5.88 Å². The number of esters is 1. The van der Waals surface area contributed by atoms with Crippen LogP contribution in [0.4, 0.5) is 4.79 Å². The molecule has 1 amide bonds. The van der Waals surface area contributed by atoms with Crippen molar-refractivity contribution in [3.63, 3.8) is 0 Å². The van der Waals surface area contributed by atoms with Crippen LogP contribution in [0.25, 0.3) is 21.9 Å². The molecule has 0 aliphatic carbocycles. The van der Waals surface area contributed by atoms with Crippen LogP contribution < -0.4 is 10.1 Å². The Hall–Kier alpha value is -3.29. The molecule has 0 aliphatic rings. The molecule has 1 N–H and O–H groups in total. The minimum absolute atomic E-state index is 0.133. The van der Waals surface area contributed by atoms with Crippen LogP contribution in [-0.4, -0.2) is 42.4 Å². The highest BCUT2D eigenvalue weighted by atomic mass is 16.6. The number of hydrogen-bond acceptors (Lipinski definition) is 7. The average molecular weight is 414 g/mol. The first kappa shape index (κ1) is 21.4. The van der Waals surface area contributed by atoms with E-state index in [-0.39, 0.29) is 19.0 Å². The second-order valence-electron chi connectivity index (χ2n) is 7.67. The summed E-state index contributed by atoms with van der Waals surface area (Å²) in [6.45, 7) is 8.06. The maximum absolute atomic E-state index is 11.9. The summed E-state index contributed by atoms with van der Waals surface area (Å²) >= 11 is 0. The minimum atomic E-state index is -0.546. The van der Waals surface area contributed by atoms with Crippen LogP contribution in [0.15, 0.2) is 34.9 Å². The van der Waals surface area contributed by atoms with E-state index in [1.165, 1.54) is 0 Å². The van der Waals surface area contributed by atoms with Crippen LogP contribution in [0.5, 0.6) is 5.88 Å². The van der Waals surface area contributed by atoms with Crippen LogP contribution in [0, 0.1) is 0 Å². The van der Waals surface area contributed by atoms with E-state index in [4.69, 9.17) is 18.6 Å². The summed E-state index contributed by atoms with van der Waals surface area (Å²) in [6.07, 6.45) is 1.22. The third-order valence-corrected chi connectivity index (χ3v) is 4.12. The lowest BCUT2D eigenvalue weighted by molar-refractivity contribution is -0.142. The fourth-order valence-corrected chi connectivity index (χ4v) is 2.99. The van der Waals surface area contributed by atoms with E-state index in [0.717, 1.165) is 16.3 Å². The number of nitrogens with one attached hydrogen (secondary N) is 1. The van der Waals surface area contributed by atoms with Gasteiger partial charge in [0.05, 0.1) is 31.4 Å². The highest BCUT2D eigenvalue weighted by Crippen LogP contribution is 2.30. The second-order valence-corrected chi connectivity index (χ2v) is 7.67. The number of nitrogens with zero attached hydrogens (tertiary/aromatic N) is 1. The van der Waals surface area contributed by atoms with E-state index < -0.39 is 11.7 Å². The van der Waals surface area contributed by atoms with Gasteiger partial charge in [0.15, 0.2) is 0 Å². The number of pyridine rings is 1. The lowest BCUT2D eigenvalue weighted by atomic mass is 10.1. The maximum Gasteiger partial charge on any atom is 0.407 e. The average Bonchev–Trinajstić information content (AvgIpc) is 3.07. The Kier molecular flexibility index (Phi) is 6.44. The molecule has 0 atom stereocenters. The molecule has 2 aromatic heterocycles.